The van der Waals surface area contributed by atoms with Crippen LogP contribution in [0.4, 0.5) is 0 Å². The van der Waals surface area contributed by atoms with Crippen molar-refractivity contribution in [3.63, 3.8) is 0 Å². The van der Waals surface area contributed by atoms with Crippen LogP contribution in [-0.4, -0.2) is 12.9 Å². The molecule has 0 atom stereocenters. The fourth-order valence-electron chi connectivity index (χ4n) is 1.34. The number of ether oxygens (including phenoxy) is 1. The molecule has 1 aromatic carbocycles. The third-order valence-electron chi connectivity index (χ3n) is 2.10. The molecular weight excluding hydrogens is 218 g/mol. The molecule has 0 aliphatic rings. The molecule has 0 saturated heterocycles. The van der Waals surface area contributed by atoms with E-state index in [4.69, 9.17) is 10.00 Å². The highest BCUT2D eigenvalue weighted by atomic mass is 32.2. The first kappa shape index (κ1) is 12.9. The van der Waals surface area contributed by atoms with E-state index in [2.05, 4.69) is 19.9 Å². The van der Waals surface area contributed by atoms with Gasteiger partial charge in [-0.15, -0.1) is 0 Å². The molecule has 3 heteroatoms. The topological polar surface area (TPSA) is 33.0 Å². The summed E-state index contributed by atoms with van der Waals surface area (Å²) in [4.78, 5) is 0. The van der Waals surface area contributed by atoms with Crippen LogP contribution < -0.4 is 4.74 Å². The number of nitrogens with zero attached hydrogens (tertiary/aromatic N) is 1. The van der Waals surface area contributed by atoms with Crippen molar-refractivity contribution in [2.45, 2.75) is 19.6 Å². The van der Waals surface area contributed by atoms with Gasteiger partial charge in [0, 0.05) is 5.75 Å². The lowest BCUT2D eigenvalue weighted by Gasteiger charge is -2.07. The molecule has 0 amide bonds. The highest BCUT2D eigenvalue weighted by molar-refractivity contribution is 7.98. The summed E-state index contributed by atoms with van der Waals surface area (Å²) in [5.74, 6) is 3.46. The van der Waals surface area contributed by atoms with Gasteiger partial charge in [-0.3, -0.25) is 0 Å². The van der Waals surface area contributed by atoms with Gasteiger partial charge >= 0.3 is 0 Å². The molecule has 0 bridgehead atoms. The minimum Gasteiger partial charge on any atom is -0.495 e. The van der Waals surface area contributed by atoms with Crippen LogP contribution in [0.3, 0.4) is 0 Å². The third kappa shape index (κ3) is 3.79. The van der Waals surface area contributed by atoms with Gasteiger partial charge in [0.2, 0.25) is 0 Å². The molecule has 0 radical (unpaired) electrons. The van der Waals surface area contributed by atoms with Gasteiger partial charge in [0.15, 0.2) is 0 Å². The molecule has 0 aliphatic heterocycles. The maximum atomic E-state index is 8.95. The number of benzene rings is 1. The van der Waals surface area contributed by atoms with Crippen molar-refractivity contribution in [3.05, 3.63) is 29.3 Å². The molecule has 0 N–H and O–H groups in total. The van der Waals surface area contributed by atoms with Crippen molar-refractivity contribution in [1.29, 1.82) is 5.26 Å². The molecule has 1 rings (SSSR count). The standard InChI is InChI=1S/C13H17NOS/c1-10(2)8-16-9-11-4-5-13(15-3)12(6-11)7-14/h4-6,10H,8-9H2,1-3H3. The summed E-state index contributed by atoms with van der Waals surface area (Å²) >= 11 is 1.90. The van der Waals surface area contributed by atoms with Gasteiger partial charge in [0.05, 0.1) is 12.7 Å². The van der Waals surface area contributed by atoms with E-state index in [0.717, 1.165) is 11.5 Å². The van der Waals surface area contributed by atoms with Crippen LogP contribution in [0.1, 0.15) is 25.0 Å². The van der Waals surface area contributed by atoms with Gasteiger partial charge in [0.25, 0.3) is 0 Å². The van der Waals surface area contributed by atoms with Gasteiger partial charge in [-0.2, -0.15) is 17.0 Å². The minimum absolute atomic E-state index is 0.616. The zero-order chi connectivity index (χ0) is 12.0. The van der Waals surface area contributed by atoms with Crippen LogP contribution in [0.2, 0.25) is 0 Å². The minimum atomic E-state index is 0.616. The lowest BCUT2D eigenvalue weighted by molar-refractivity contribution is 0.413. The van der Waals surface area contributed by atoms with Crippen LogP contribution in [0.5, 0.6) is 5.75 Å². The SMILES string of the molecule is COc1ccc(CSCC(C)C)cc1C#N. The van der Waals surface area contributed by atoms with Crippen LogP contribution in [0, 0.1) is 17.2 Å². The van der Waals surface area contributed by atoms with Crippen molar-refractivity contribution >= 4 is 11.8 Å². The summed E-state index contributed by atoms with van der Waals surface area (Å²) in [5.41, 5.74) is 1.80. The predicted octanol–water partition coefficient (Wildman–Crippen LogP) is 3.46. The van der Waals surface area contributed by atoms with E-state index >= 15 is 0 Å². The summed E-state index contributed by atoms with van der Waals surface area (Å²) in [7, 11) is 1.59. The number of hydrogen-bond acceptors (Lipinski definition) is 3. The first-order chi connectivity index (χ1) is 7.67. The zero-order valence-electron chi connectivity index (χ0n) is 9.99. The Morgan fingerprint density at radius 3 is 2.75 bits per heavy atom. The van der Waals surface area contributed by atoms with E-state index in [1.807, 2.05) is 30.0 Å². The summed E-state index contributed by atoms with van der Waals surface area (Å²) in [5, 5.41) is 8.95. The van der Waals surface area contributed by atoms with Crippen molar-refractivity contribution in [3.8, 4) is 11.8 Å². The monoisotopic (exact) mass is 235 g/mol. The van der Waals surface area contributed by atoms with E-state index in [0.29, 0.717) is 17.2 Å². The van der Waals surface area contributed by atoms with Gasteiger partial charge in [-0.1, -0.05) is 19.9 Å². The van der Waals surface area contributed by atoms with Crippen LogP contribution in [0.15, 0.2) is 18.2 Å². The Kier molecular flexibility index (Phi) is 5.21. The quantitative estimate of drug-likeness (QED) is 0.783. The number of nitriles is 1. The van der Waals surface area contributed by atoms with Gasteiger partial charge in [-0.25, -0.2) is 0 Å². The molecule has 1 aromatic rings. The zero-order valence-corrected chi connectivity index (χ0v) is 10.8. The van der Waals surface area contributed by atoms with E-state index in [9.17, 15) is 0 Å². The number of methoxy groups -OCH3 is 1. The van der Waals surface area contributed by atoms with E-state index in [1.165, 1.54) is 5.56 Å². The van der Waals surface area contributed by atoms with Crippen molar-refractivity contribution in [2.75, 3.05) is 12.9 Å². The Labute approximate surface area is 102 Å². The second-order valence-electron chi connectivity index (χ2n) is 4.06. The Bertz CT molecular complexity index is 382. The second kappa shape index (κ2) is 6.44. The Morgan fingerprint density at radius 1 is 1.44 bits per heavy atom. The molecule has 0 heterocycles. The molecule has 0 fully saturated rings. The molecule has 0 spiro atoms. The third-order valence-corrected chi connectivity index (χ3v) is 3.54. The Hall–Kier alpha value is -1.14. The van der Waals surface area contributed by atoms with Gasteiger partial charge in [-0.05, 0) is 29.4 Å². The first-order valence-electron chi connectivity index (χ1n) is 5.32. The fraction of sp³-hybridized carbons (Fsp3) is 0.462. The normalized spacial score (nSPS) is 10.2. The van der Waals surface area contributed by atoms with E-state index in [-0.39, 0.29) is 0 Å². The number of thioether (sulfide) groups is 1. The fourth-order valence-corrected chi connectivity index (χ4v) is 2.35. The van der Waals surface area contributed by atoms with Gasteiger partial charge in [0.1, 0.15) is 11.8 Å². The number of hydrogen-bond donors (Lipinski definition) is 0. The average Bonchev–Trinajstić information content (AvgIpc) is 2.28. The maximum absolute atomic E-state index is 8.95. The Morgan fingerprint density at radius 2 is 2.19 bits per heavy atom. The van der Waals surface area contributed by atoms with Crippen LogP contribution in [0.25, 0.3) is 0 Å². The maximum Gasteiger partial charge on any atom is 0.136 e. The Balaban J connectivity index is 2.65. The van der Waals surface area contributed by atoms with Crippen molar-refractivity contribution in [2.24, 2.45) is 5.92 Å². The van der Waals surface area contributed by atoms with E-state index in [1.54, 1.807) is 7.11 Å². The highest BCUT2D eigenvalue weighted by Gasteiger charge is 2.04. The van der Waals surface area contributed by atoms with Crippen molar-refractivity contribution in [1.82, 2.24) is 0 Å². The summed E-state index contributed by atoms with van der Waals surface area (Å²) in [6.45, 7) is 4.42. The molecule has 0 aliphatic carbocycles. The molecule has 16 heavy (non-hydrogen) atoms. The predicted molar refractivity (Wildman–Crippen MR) is 68.7 cm³/mol. The van der Waals surface area contributed by atoms with Gasteiger partial charge < -0.3 is 4.74 Å². The summed E-state index contributed by atoms with van der Waals surface area (Å²) in [6.07, 6.45) is 0. The van der Waals surface area contributed by atoms with Crippen LogP contribution >= 0.6 is 11.8 Å². The summed E-state index contributed by atoms with van der Waals surface area (Å²) in [6, 6.07) is 7.95. The second-order valence-corrected chi connectivity index (χ2v) is 5.09. The lowest BCUT2D eigenvalue weighted by Crippen LogP contribution is -1.93. The van der Waals surface area contributed by atoms with Crippen molar-refractivity contribution < 1.29 is 4.74 Å². The van der Waals surface area contributed by atoms with E-state index < -0.39 is 0 Å². The van der Waals surface area contributed by atoms with Crippen LogP contribution in [-0.2, 0) is 5.75 Å². The largest absolute Gasteiger partial charge is 0.495 e. The molecule has 86 valence electrons. The highest BCUT2D eigenvalue weighted by Crippen LogP contribution is 2.22. The molecule has 0 saturated carbocycles. The lowest BCUT2D eigenvalue weighted by atomic mass is 10.1. The first-order valence-corrected chi connectivity index (χ1v) is 6.47. The number of rotatable bonds is 5. The molecule has 0 aromatic heterocycles. The molecular formula is C13H17NOS. The smallest absolute Gasteiger partial charge is 0.136 e. The molecule has 0 unspecified atom stereocenters. The average molecular weight is 235 g/mol. The summed E-state index contributed by atoms with van der Waals surface area (Å²) < 4.78 is 5.10. The molecule has 2 nitrogen and oxygen atoms in total.